The Bertz CT molecular complexity index is 1100. The number of tetrazole rings is 1. The molecule has 1 atom stereocenters. The molecule has 7 heteroatoms. The number of hydrogen-bond acceptors (Lipinski definition) is 5. The number of aryl methyl sites for hydroxylation is 1. The van der Waals surface area contributed by atoms with E-state index in [4.69, 9.17) is 0 Å². The lowest BCUT2D eigenvalue weighted by Crippen LogP contribution is -2.25. The molecule has 0 bridgehead atoms. The smallest absolute Gasteiger partial charge is 0.250 e. The highest BCUT2D eigenvalue weighted by Gasteiger charge is 2.19. The van der Waals surface area contributed by atoms with Gasteiger partial charge in [-0.3, -0.25) is 9.78 Å². The van der Waals surface area contributed by atoms with Crippen molar-refractivity contribution in [1.29, 1.82) is 0 Å². The third-order valence-electron chi connectivity index (χ3n) is 4.37. The first-order valence-corrected chi connectivity index (χ1v) is 8.63. The number of aromatic nitrogens is 5. The van der Waals surface area contributed by atoms with Gasteiger partial charge in [0.05, 0.1) is 11.2 Å². The lowest BCUT2D eigenvalue weighted by molar-refractivity contribution is -0.119. The monoisotopic (exact) mass is 358 g/mol. The normalized spacial score (nSPS) is 12.1. The number of hydrogen-bond donors (Lipinski definition) is 1. The van der Waals surface area contributed by atoms with Crippen LogP contribution in [0.2, 0.25) is 0 Å². The van der Waals surface area contributed by atoms with E-state index in [9.17, 15) is 4.79 Å². The maximum Gasteiger partial charge on any atom is 0.250 e. The van der Waals surface area contributed by atoms with Crippen molar-refractivity contribution in [1.82, 2.24) is 25.2 Å². The fraction of sp³-hybridized carbons (Fsp3) is 0.150. The summed E-state index contributed by atoms with van der Waals surface area (Å²) in [5.41, 5.74) is 3.54. The summed E-state index contributed by atoms with van der Waals surface area (Å²) in [7, 11) is 0. The quantitative estimate of drug-likeness (QED) is 0.604. The maximum absolute atomic E-state index is 12.7. The van der Waals surface area contributed by atoms with Crippen LogP contribution in [0.3, 0.4) is 0 Å². The van der Waals surface area contributed by atoms with Crippen molar-refractivity contribution in [2.24, 2.45) is 0 Å². The van der Waals surface area contributed by atoms with Crippen LogP contribution in [0.1, 0.15) is 18.5 Å². The van der Waals surface area contributed by atoms with E-state index in [0.29, 0.717) is 11.5 Å². The van der Waals surface area contributed by atoms with E-state index < -0.39 is 6.04 Å². The molecule has 27 heavy (non-hydrogen) atoms. The molecule has 0 aliphatic heterocycles. The molecule has 7 nitrogen and oxygen atoms in total. The first kappa shape index (κ1) is 16.8. The molecule has 2 aromatic heterocycles. The van der Waals surface area contributed by atoms with Gasteiger partial charge in [-0.2, -0.15) is 4.80 Å². The molecule has 0 aliphatic rings. The number of pyridine rings is 1. The minimum absolute atomic E-state index is 0.223. The molecule has 0 saturated heterocycles. The molecular weight excluding hydrogens is 340 g/mol. The summed E-state index contributed by atoms with van der Waals surface area (Å²) in [5, 5.41) is 16.3. The zero-order chi connectivity index (χ0) is 18.8. The molecule has 2 aromatic carbocycles. The Morgan fingerprint density at radius 1 is 1.07 bits per heavy atom. The molecule has 0 unspecified atom stereocenters. The number of nitrogens with zero attached hydrogens (tertiary/aromatic N) is 5. The standard InChI is InChI=1S/C20H18N6O/c1-13-8-10-15(11-9-13)19-23-25-26(24-19)14(2)20(27)22-18-7-3-6-17-16(18)5-4-12-21-17/h3-12,14H,1-2H3,(H,22,27)/t14-/m0/s1. The Kier molecular flexibility index (Phi) is 4.33. The van der Waals surface area contributed by atoms with E-state index in [1.165, 1.54) is 4.80 Å². The summed E-state index contributed by atoms with van der Waals surface area (Å²) < 4.78 is 0. The lowest BCUT2D eigenvalue weighted by atomic mass is 10.1. The van der Waals surface area contributed by atoms with Gasteiger partial charge in [0.1, 0.15) is 6.04 Å². The van der Waals surface area contributed by atoms with Crippen LogP contribution in [0, 0.1) is 6.92 Å². The summed E-state index contributed by atoms with van der Waals surface area (Å²) in [5.74, 6) is 0.267. The first-order chi connectivity index (χ1) is 13.1. The second-order valence-electron chi connectivity index (χ2n) is 6.34. The summed E-state index contributed by atoms with van der Waals surface area (Å²) in [6.07, 6.45) is 1.72. The second kappa shape index (κ2) is 6.95. The maximum atomic E-state index is 12.7. The number of fused-ring (bicyclic) bond motifs is 1. The van der Waals surface area contributed by atoms with Crippen molar-refractivity contribution in [3.8, 4) is 11.4 Å². The third kappa shape index (κ3) is 3.39. The third-order valence-corrected chi connectivity index (χ3v) is 4.37. The number of amides is 1. The SMILES string of the molecule is Cc1ccc(-c2nnn([C@@H](C)C(=O)Nc3cccc4ncccc34)n2)cc1. The van der Waals surface area contributed by atoms with Crippen molar-refractivity contribution in [2.45, 2.75) is 19.9 Å². The average Bonchev–Trinajstić information content (AvgIpc) is 3.18. The van der Waals surface area contributed by atoms with Crippen molar-refractivity contribution >= 4 is 22.5 Å². The lowest BCUT2D eigenvalue weighted by Gasteiger charge is -2.12. The van der Waals surface area contributed by atoms with E-state index >= 15 is 0 Å². The molecule has 0 saturated carbocycles. The predicted molar refractivity (Wildman–Crippen MR) is 103 cm³/mol. The van der Waals surface area contributed by atoms with Gasteiger partial charge in [0.15, 0.2) is 0 Å². The largest absolute Gasteiger partial charge is 0.324 e. The highest BCUT2D eigenvalue weighted by Crippen LogP contribution is 2.22. The number of nitrogens with one attached hydrogen (secondary N) is 1. The Hall–Kier alpha value is -3.61. The van der Waals surface area contributed by atoms with Gasteiger partial charge in [-0.05, 0) is 43.3 Å². The van der Waals surface area contributed by atoms with Crippen LogP contribution in [-0.2, 0) is 4.79 Å². The number of anilines is 1. The minimum atomic E-state index is -0.608. The van der Waals surface area contributed by atoms with Gasteiger partial charge in [-0.1, -0.05) is 35.9 Å². The molecule has 4 aromatic rings. The van der Waals surface area contributed by atoms with Crippen LogP contribution in [0.15, 0.2) is 60.8 Å². The topological polar surface area (TPSA) is 85.6 Å². The minimum Gasteiger partial charge on any atom is -0.324 e. The van der Waals surface area contributed by atoms with Crippen LogP contribution in [-0.4, -0.2) is 31.1 Å². The Balaban J connectivity index is 1.55. The summed E-state index contributed by atoms with van der Waals surface area (Å²) in [4.78, 5) is 18.3. The molecule has 4 rings (SSSR count). The molecule has 0 radical (unpaired) electrons. The van der Waals surface area contributed by atoms with E-state index in [1.54, 1.807) is 13.1 Å². The summed E-state index contributed by atoms with van der Waals surface area (Å²) >= 11 is 0. The molecular formula is C20H18N6O. The molecule has 0 spiro atoms. The molecule has 2 heterocycles. The number of rotatable bonds is 4. The Labute approximate surface area is 156 Å². The van der Waals surface area contributed by atoms with Gasteiger partial charge in [-0.25, -0.2) is 0 Å². The number of carbonyl (C=O) groups excluding carboxylic acids is 1. The fourth-order valence-electron chi connectivity index (χ4n) is 2.76. The predicted octanol–water partition coefficient (Wildman–Crippen LogP) is 3.40. The molecule has 1 N–H and O–H groups in total. The van der Waals surface area contributed by atoms with Gasteiger partial charge in [0, 0.05) is 17.1 Å². The molecule has 134 valence electrons. The van der Waals surface area contributed by atoms with Crippen LogP contribution >= 0.6 is 0 Å². The van der Waals surface area contributed by atoms with Crippen molar-refractivity contribution in [2.75, 3.05) is 5.32 Å². The van der Waals surface area contributed by atoms with E-state index in [1.807, 2.05) is 61.5 Å². The van der Waals surface area contributed by atoms with Gasteiger partial charge in [-0.15, -0.1) is 10.2 Å². The molecule has 1 amide bonds. The van der Waals surface area contributed by atoms with Crippen LogP contribution in [0.25, 0.3) is 22.3 Å². The zero-order valence-corrected chi connectivity index (χ0v) is 15.0. The van der Waals surface area contributed by atoms with Crippen molar-refractivity contribution in [3.63, 3.8) is 0 Å². The first-order valence-electron chi connectivity index (χ1n) is 8.63. The fourth-order valence-corrected chi connectivity index (χ4v) is 2.76. The summed E-state index contributed by atoms with van der Waals surface area (Å²) in [6, 6.07) is 16.6. The molecule has 0 aliphatic carbocycles. The second-order valence-corrected chi connectivity index (χ2v) is 6.34. The highest BCUT2D eigenvalue weighted by atomic mass is 16.2. The van der Waals surface area contributed by atoms with Crippen LogP contribution < -0.4 is 5.32 Å². The van der Waals surface area contributed by atoms with Gasteiger partial charge < -0.3 is 5.32 Å². The van der Waals surface area contributed by atoms with E-state index in [0.717, 1.165) is 22.0 Å². The van der Waals surface area contributed by atoms with Crippen molar-refractivity contribution < 1.29 is 4.79 Å². The average molecular weight is 358 g/mol. The van der Waals surface area contributed by atoms with E-state index in [-0.39, 0.29) is 5.91 Å². The Morgan fingerprint density at radius 2 is 1.89 bits per heavy atom. The highest BCUT2D eigenvalue weighted by molar-refractivity contribution is 6.02. The Morgan fingerprint density at radius 3 is 2.70 bits per heavy atom. The molecule has 0 fully saturated rings. The van der Waals surface area contributed by atoms with Crippen LogP contribution in [0.5, 0.6) is 0 Å². The van der Waals surface area contributed by atoms with Gasteiger partial charge >= 0.3 is 0 Å². The van der Waals surface area contributed by atoms with Gasteiger partial charge in [0.25, 0.3) is 5.91 Å². The van der Waals surface area contributed by atoms with Gasteiger partial charge in [0.2, 0.25) is 5.82 Å². The van der Waals surface area contributed by atoms with Crippen LogP contribution in [0.4, 0.5) is 5.69 Å². The van der Waals surface area contributed by atoms with E-state index in [2.05, 4.69) is 25.7 Å². The zero-order valence-electron chi connectivity index (χ0n) is 15.0. The number of carbonyl (C=O) groups is 1. The number of benzene rings is 2. The van der Waals surface area contributed by atoms with Crippen molar-refractivity contribution in [3.05, 3.63) is 66.4 Å². The summed E-state index contributed by atoms with van der Waals surface area (Å²) in [6.45, 7) is 3.75.